The minimum absolute atomic E-state index is 0.0453. The van der Waals surface area contributed by atoms with E-state index in [-0.39, 0.29) is 21.7 Å². The summed E-state index contributed by atoms with van der Waals surface area (Å²) in [5.41, 5.74) is 16.7. The summed E-state index contributed by atoms with van der Waals surface area (Å²) in [5.74, 6) is 1.96. The zero-order valence-electron chi connectivity index (χ0n) is 36.3. The van der Waals surface area contributed by atoms with E-state index in [1.54, 1.807) is 0 Å². The maximum Gasteiger partial charge on any atom is 0.164 e. The highest BCUT2D eigenvalue weighted by atomic mass is 15.0. The first kappa shape index (κ1) is 37.4. The maximum atomic E-state index is 5.30. The molecule has 0 saturated carbocycles. The topological polar surface area (TPSA) is 43.6 Å². The van der Waals surface area contributed by atoms with E-state index in [0.29, 0.717) is 17.5 Å². The summed E-state index contributed by atoms with van der Waals surface area (Å²) < 4.78 is 2.43. The van der Waals surface area contributed by atoms with Crippen molar-refractivity contribution in [2.75, 3.05) is 0 Å². The third-order valence-electron chi connectivity index (χ3n) is 15.4. The van der Waals surface area contributed by atoms with Gasteiger partial charge < -0.3 is 4.57 Å². The largest absolute Gasteiger partial charge is 0.309 e. The third kappa shape index (κ3) is 5.21. The lowest BCUT2D eigenvalue weighted by Gasteiger charge is -2.48. The second kappa shape index (κ2) is 12.9. The van der Waals surface area contributed by atoms with Crippen molar-refractivity contribution in [2.24, 2.45) is 0 Å². The Hall–Kier alpha value is -6.65. The summed E-state index contributed by atoms with van der Waals surface area (Å²) in [6.07, 6.45) is 0. The number of fused-ring (bicyclic) bond motifs is 10. The molecule has 0 spiro atoms. The first-order valence-electron chi connectivity index (χ1n) is 21.6. The van der Waals surface area contributed by atoms with Gasteiger partial charge >= 0.3 is 0 Å². The average Bonchev–Trinajstić information content (AvgIpc) is 3.62. The van der Waals surface area contributed by atoms with E-state index >= 15 is 0 Å². The zero-order chi connectivity index (χ0) is 42.1. The third-order valence-corrected chi connectivity index (χ3v) is 15.4. The van der Waals surface area contributed by atoms with Gasteiger partial charge in [-0.1, -0.05) is 183 Å². The molecule has 0 amide bonds. The molecule has 0 fully saturated rings. The number of rotatable bonds is 4. The molecular weight excluding hydrogens is 741 g/mol. The predicted molar refractivity (Wildman–Crippen MR) is 253 cm³/mol. The minimum Gasteiger partial charge on any atom is -0.309 e. The Morgan fingerprint density at radius 1 is 0.361 bits per heavy atom. The van der Waals surface area contributed by atoms with Gasteiger partial charge in [0.05, 0.1) is 11.0 Å². The van der Waals surface area contributed by atoms with Crippen LogP contribution in [0.3, 0.4) is 0 Å². The number of nitrogens with zero attached hydrogens (tertiary/aromatic N) is 4. The Morgan fingerprint density at radius 2 is 0.885 bits per heavy atom. The Labute approximate surface area is 359 Å². The fraction of sp³-hybridized carbons (Fsp3) is 0.211. The molecule has 2 aliphatic rings. The number of hydrogen-bond donors (Lipinski definition) is 0. The molecule has 11 rings (SSSR count). The van der Waals surface area contributed by atoms with Crippen LogP contribution in [0.1, 0.15) is 77.6 Å². The van der Waals surface area contributed by atoms with Crippen molar-refractivity contribution in [3.63, 3.8) is 0 Å². The summed E-state index contributed by atoms with van der Waals surface area (Å²) in [4.78, 5) is 15.7. The smallest absolute Gasteiger partial charge is 0.164 e. The molecule has 0 bridgehead atoms. The standard InChI is InChI=1S/C57H50N4/c1-54(2)43-26-15-12-23-39(43)40-30-29-37(34-46(40)57(54,7)8)53-59-51(35-19-10-9-11-20-35)58-52(60-53)36-21-18-22-38(33-36)61-47-28-17-14-25-42(47)50-48(61)32-31-45-49(50)41-24-13-16-27-44(41)55(3,4)56(45,5)6/h9-34H,1-8H3. The summed E-state index contributed by atoms with van der Waals surface area (Å²) >= 11 is 0. The zero-order valence-corrected chi connectivity index (χ0v) is 36.3. The van der Waals surface area contributed by atoms with Crippen LogP contribution in [0.5, 0.6) is 0 Å². The van der Waals surface area contributed by atoms with Gasteiger partial charge in [-0.2, -0.15) is 0 Å². The van der Waals surface area contributed by atoms with Crippen molar-refractivity contribution in [3.8, 4) is 62.1 Å². The SMILES string of the molecule is CC1(C)c2ccccc2-c2ccc(-c3nc(-c4ccccc4)nc(-c4cccc(-n5c6ccccc6c6c7c(ccc65)C(C)(C)C(C)(C)c5ccccc5-7)c4)n3)cc2C1(C)C. The molecule has 0 N–H and O–H groups in total. The van der Waals surface area contributed by atoms with Crippen molar-refractivity contribution < 1.29 is 0 Å². The van der Waals surface area contributed by atoms with Crippen molar-refractivity contribution in [2.45, 2.75) is 77.0 Å². The molecule has 0 radical (unpaired) electrons. The molecular formula is C57H50N4. The quantitative estimate of drug-likeness (QED) is 0.178. The van der Waals surface area contributed by atoms with Crippen LogP contribution in [0.4, 0.5) is 0 Å². The maximum absolute atomic E-state index is 5.30. The summed E-state index contributed by atoms with van der Waals surface area (Å²) in [6.45, 7) is 19.1. The van der Waals surface area contributed by atoms with Crippen molar-refractivity contribution in [1.82, 2.24) is 19.5 Å². The van der Waals surface area contributed by atoms with Gasteiger partial charge in [-0.15, -0.1) is 0 Å². The molecule has 298 valence electrons. The molecule has 7 aromatic carbocycles. The van der Waals surface area contributed by atoms with Crippen LogP contribution in [0.2, 0.25) is 0 Å². The monoisotopic (exact) mass is 790 g/mol. The second-order valence-corrected chi connectivity index (χ2v) is 19.3. The van der Waals surface area contributed by atoms with Gasteiger partial charge in [-0.3, -0.25) is 0 Å². The lowest BCUT2D eigenvalue weighted by Crippen LogP contribution is -2.43. The van der Waals surface area contributed by atoms with Crippen LogP contribution in [-0.4, -0.2) is 19.5 Å². The summed E-state index contributed by atoms with van der Waals surface area (Å²) in [5, 5.41) is 2.55. The molecule has 9 aromatic rings. The molecule has 0 saturated heterocycles. The lowest BCUT2D eigenvalue weighted by atomic mass is 9.55. The van der Waals surface area contributed by atoms with Crippen LogP contribution < -0.4 is 0 Å². The summed E-state index contributed by atoms with van der Waals surface area (Å²) in [6, 6.07) is 57.3. The first-order valence-corrected chi connectivity index (χ1v) is 21.6. The molecule has 0 unspecified atom stereocenters. The molecule has 0 atom stereocenters. The van der Waals surface area contributed by atoms with Gasteiger partial charge in [-0.05, 0) is 96.5 Å². The Balaban J connectivity index is 1.11. The molecule has 61 heavy (non-hydrogen) atoms. The molecule has 4 nitrogen and oxygen atoms in total. The fourth-order valence-corrected chi connectivity index (χ4v) is 10.6. The number of para-hydroxylation sites is 1. The van der Waals surface area contributed by atoms with Crippen molar-refractivity contribution >= 4 is 21.8 Å². The highest BCUT2D eigenvalue weighted by Crippen LogP contribution is 2.57. The van der Waals surface area contributed by atoms with Crippen molar-refractivity contribution in [3.05, 3.63) is 180 Å². The first-order chi connectivity index (χ1) is 29.3. The van der Waals surface area contributed by atoms with Gasteiger partial charge in [0.25, 0.3) is 0 Å². The van der Waals surface area contributed by atoms with Crippen LogP contribution in [0.15, 0.2) is 158 Å². The van der Waals surface area contributed by atoms with Gasteiger partial charge in [0.1, 0.15) is 0 Å². The van der Waals surface area contributed by atoms with E-state index in [2.05, 4.69) is 199 Å². The van der Waals surface area contributed by atoms with Crippen LogP contribution >= 0.6 is 0 Å². The van der Waals surface area contributed by atoms with Crippen molar-refractivity contribution in [1.29, 1.82) is 0 Å². The Morgan fingerprint density at radius 3 is 1.61 bits per heavy atom. The van der Waals surface area contributed by atoms with Gasteiger partial charge in [0.15, 0.2) is 17.5 Å². The number of benzene rings is 7. The number of hydrogen-bond acceptors (Lipinski definition) is 3. The highest BCUT2D eigenvalue weighted by molar-refractivity contribution is 6.17. The van der Waals surface area contributed by atoms with E-state index in [4.69, 9.17) is 15.0 Å². The van der Waals surface area contributed by atoms with Gasteiger partial charge in [0, 0.05) is 33.2 Å². The molecule has 4 heteroatoms. The fourth-order valence-electron chi connectivity index (χ4n) is 10.6. The molecule has 2 aromatic heterocycles. The van der Waals surface area contributed by atoms with Crippen LogP contribution in [0.25, 0.3) is 83.9 Å². The van der Waals surface area contributed by atoms with E-state index in [0.717, 1.165) is 22.4 Å². The predicted octanol–water partition coefficient (Wildman–Crippen LogP) is 14.4. The Bertz CT molecular complexity index is 3250. The van der Waals surface area contributed by atoms with Gasteiger partial charge in [0.2, 0.25) is 0 Å². The second-order valence-electron chi connectivity index (χ2n) is 19.3. The normalized spacial score (nSPS) is 16.4. The molecule has 2 aliphatic carbocycles. The minimum atomic E-state index is -0.144. The van der Waals surface area contributed by atoms with Crippen LogP contribution in [-0.2, 0) is 21.7 Å². The molecule has 2 heterocycles. The van der Waals surface area contributed by atoms with E-state index < -0.39 is 0 Å². The van der Waals surface area contributed by atoms with Crippen LogP contribution in [0, 0.1) is 0 Å². The van der Waals surface area contributed by atoms with Gasteiger partial charge in [-0.25, -0.2) is 15.0 Å². The molecule has 0 aliphatic heterocycles. The number of aromatic nitrogens is 4. The Kier molecular flexibility index (Phi) is 7.92. The highest BCUT2D eigenvalue weighted by Gasteiger charge is 2.47. The van der Waals surface area contributed by atoms with E-state index in [1.165, 1.54) is 66.3 Å². The summed E-state index contributed by atoms with van der Waals surface area (Å²) in [7, 11) is 0. The average molecular weight is 791 g/mol. The lowest BCUT2D eigenvalue weighted by molar-refractivity contribution is 0.299. The van der Waals surface area contributed by atoms with E-state index in [9.17, 15) is 0 Å². The van der Waals surface area contributed by atoms with E-state index in [1.807, 2.05) is 18.2 Å².